The Kier molecular flexibility index (Phi) is 5.77. The summed E-state index contributed by atoms with van der Waals surface area (Å²) in [5, 5.41) is 2.60. The molecule has 138 valence electrons. The highest BCUT2D eigenvalue weighted by atomic mass is 32.2. The van der Waals surface area contributed by atoms with Crippen LogP contribution in [0, 0.1) is 0 Å². The molecule has 0 saturated heterocycles. The minimum atomic E-state index is -3.25. The normalized spacial score (nSPS) is 16.3. The lowest BCUT2D eigenvalue weighted by molar-refractivity contribution is -0.116. The third kappa shape index (κ3) is 4.33. The Labute approximate surface area is 155 Å². The summed E-state index contributed by atoms with van der Waals surface area (Å²) in [6, 6.07) is 16.5. The molecule has 4 nitrogen and oxygen atoms in total. The Hall–Kier alpha value is -2.14. The van der Waals surface area contributed by atoms with Gasteiger partial charge in [-0.3, -0.25) is 4.79 Å². The van der Waals surface area contributed by atoms with E-state index in [0.29, 0.717) is 17.0 Å². The SMILES string of the molecule is C[C@H](CC(=O)Nc1ccc(S(=O)(=O)C2CCCC2)cc1)c1ccccc1. The van der Waals surface area contributed by atoms with Crippen LogP contribution in [0.1, 0.15) is 50.5 Å². The van der Waals surface area contributed by atoms with E-state index in [1.54, 1.807) is 24.3 Å². The van der Waals surface area contributed by atoms with Crippen LogP contribution in [0.2, 0.25) is 0 Å². The van der Waals surface area contributed by atoms with E-state index in [1.165, 1.54) is 0 Å². The van der Waals surface area contributed by atoms with Gasteiger partial charge in [-0.05, 0) is 48.6 Å². The number of amides is 1. The first-order chi connectivity index (χ1) is 12.5. The van der Waals surface area contributed by atoms with Gasteiger partial charge in [0.05, 0.1) is 10.1 Å². The minimum absolute atomic E-state index is 0.0762. The summed E-state index contributed by atoms with van der Waals surface area (Å²) in [6.07, 6.45) is 3.85. The van der Waals surface area contributed by atoms with Gasteiger partial charge < -0.3 is 5.32 Å². The van der Waals surface area contributed by atoms with Crippen LogP contribution in [-0.4, -0.2) is 19.6 Å². The number of sulfone groups is 1. The van der Waals surface area contributed by atoms with Crippen molar-refractivity contribution in [2.24, 2.45) is 0 Å². The number of anilines is 1. The lowest BCUT2D eigenvalue weighted by atomic mass is 9.97. The van der Waals surface area contributed by atoms with Crippen molar-refractivity contribution in [1.82, 2.24) is 0 Å². The number of hydrogen-bond donors (Lipinski definition) is 1. The third-order valence-electron chi connectivity index (χ3n) is 5.07. The van der Waals surface area contributed by atoms with Crippen molar-refractivity contribution < 1.29 is 13.2 Å². The van der Waals surface area contributed by atoms with Gasteiger partial charge in [0.2, 0.25) is 5.91 Å². The van der Waals surface area contributed by atoms with Crippen LogP contribution in [0.5, 0.6) is 0 Å². The Morgan fingerprint density at radius 2 is 1.65 bits per heavy atom. The van der Waals surface area contributed by atoms with E-state index in [1.807, 2.05) is 37.3 Å². The van der Waals surface area contributed by atoms with Crippen molar-refractivity contribution in [3.63, 3.8) is 0 Å². The molecular formula is C21H25NO3S. The van der Waals surface area contributed by atoms with Crippen molar-refractivity contribution in [2.45, 2.75) is 55.1 Å². The summed E-state index contributed by atoms with van der Waals surface area (Å²) in [7, 11) is -3.25. The Balaban J connectivity index is 1.61. The molecule has 1 amide bonds. The first-order valence-corrected chi connectivity index (χ1v) is 10.7. The number of rotatable bonds is 6. The summed E-state index contributed by atoms with van der Waals surface area (Å²) in [5.74, 6) is 0.0472. The molecule has 1 saturated carbocycles. The van der Waals surface area contributed by atoms with Gasteiger partial charge in [-0.2, -0.15) is 0 Å². The van der Waals surface area contributed by atoms with Gasteiger partial charge in [0.1, 0.15) is 0 Å². The molecule has 3 rings (SSSR count). The standard InChI is InChI=1S/C21H25NO3S/c1-16(17-7-3-2-4-8-17)15-21(23)22-18-11-13-20(14-12-18)26(24,25)19-9-5-6-10-19/h2-4,7-8,11-14,16,19H,5-6,9-10,15H2,1H3,(H,22,23)/t16-/m1/s1. The zero-order valence-electron chi connectivity index (χ0n) is 15.0. The molecule has 0 aromatic heterocycles. The van der Waals surface area contributed by atoms with Crippen LogP contribution in [0.4, 0.5) is 5.69 Å². The fourth-order valence-corrected chi connectivity index (χ4v) is 5.36. The van der Waals surface area contributed by atoms with Crippen LogP contribution in [0.15, 0.2) is 59.5 Å². The average Bonchev–Trinajstić information content (AvgIpc) is 3.18. The van der Waals surface area contributed by atoms with E-state index in [4.69, 9.17) is 0 Å². The van der Waals surface area contributed by atoms with Crippen molar-refractivity contribution >= 4 is 21.4 Å². The van der Waals surface area contributed by atoms with E-state index < -0.39 is 9.84 Å². The lowest BCUT2D eigenvalue weighted by Gasteiger charge is -2.13. The summed E-state index contributed by atoms with van der Waals surface area (Å²) in [5.41, 5.74) is 1.75. The van der Waals surface area contributed by atoms with Gasteiger partial charge in [-0.15, -0.1) is 0 Å². The van der Waals surface area contributed by atoms with Gasteiger partial charge >= 0.3 is 0 Å². The monoisotopic (exact) mass is 371 g/mol. The van der Waals surface area contributed by atoms with E-state index in [2.05, 4.69) is 5.32 Å². The predicted molar refractivity (Wildman–Crippen MR) is 104 cm³/mol. The van der Waals surface area contributed by atoms with Gasteiger partial charge in [0.25, 0.3) is 0 Å². The van der Waals surface area contributed by atoms with E-state index in [0.717, 1.165) is 31.2 Å². The second-order valence-electron chi connectivity index (χ2n) is 7.04. The molecule has 1 atom stereocenters. The van der Waals surface area contributed by atoms with Gasteiger partial charge in [0.15, 0.2) is 9.84 Å². The van der Waals surface area contributed by atoms with Crippen molar-refractivity contribution in [2.75, 3.05) is 5.32 Å². The summed E-state index contributed by atoms with van der Waals surface area (Å²) >= 11 is 0. The number of benzene rings is 2. The fraction of sp³-hybridized carbons (Fsp3) is 0.381. The highest BCUT2D eigenvalue weighted by Gasteiger charge is 2.30. The van der Waals surface area contributed by atoms with E-state index in [-0.39, 0.29) is 17.1 Å². The molecule has 1 N–H and O–H groups in total. The Morgan fingerprint density at radius 1 is 1.04 bits per heavy atom. The second-order valence-corrected chi connectivity index (χ2v) is 9.27. The van der Waals surface area contributed by atoms with Crippen LogP contribution < -0.4 is 5.32 Å². The van der Waals surface area contributed by atoms with Gasteiger partial charge in [-0.1, -0.05) is 50.1 Å². The molecule has 1 fully saturated rings. The smallest absolute Gasteiger partial charge is 0.224 e. The predicted octanol–water partition coefficient (Wildman–Crippen LogP) is 4.54. The van der Waals surface area contributed by atoms with Crippen LogP contribution in [0.25, 0.3) is 0 Å². The fourth-order valence-electron chi connectivity index (χ4n) is 3.51. The van der Waals surface area contributed by atoms with E-state index in [9.17, 15) is 13.2 Å². The van der Waals surface area contributed by atoms with Crippen LogP contribution in [0.3, 0.4) is 0 Å². The molecule has 1 aliphatic carbocycles. The summed E-state index contributed by atoms with van der Waals surface area (Å²) in [4.78, 5) is 12.6. The third-order valence-corrected chi connectivity index (χ3v) is 7.35. The Morgan fingerprint density at radius 3 is 2.27 bits per heavy atom. The molecule has 1 aliphatic rings. The molecule has 2 aromatic carbocycles. The zero-order valence-corrected chi connectivity index (χ0v) is 15.8. The van der Waals surface area contributed by atoms with Crippen LogP contribution in [-0.2, 0) is 14.6 Å². The maximum absolute atomic E-state index is 12.6. The molecule has 2 aromatic rings. The molecule has 26 heavy (non-hydrogen) atoms. The van der Waals surface area contributed by atoms with Crippen molar-refractivity contribution in [3.8, 4) is 0 Å². The molecule has 0 radical (unpaired) electrons. The number of carbonyl (C=O) groups excluding carboxylic acids is 1. The first kappa shape index (κ1) is 18.6. The number of carbonyl (C=O) groups is 1. The second kappa shape index (κ2) is 8.04. The highest BCUT2D eigenvalue weighted by molar-refractivity contribution is 7.92. The maximum Gasteiger partial charge on any atom is 0.224 e. The van der Waals surface area contributed by atoms with Crippen LogP contribution >= 0.6 is 0 Å². The molecule has 0 heterocycles. The lowest BCUT2D eigenvalue weighted by Crippen LogP contribution is -2.18. The molecule has 0 bridgehead atoms. The maximum atomic E-state index is 12.6. The first-order valence-electron chi connectivity index (χ1n) is 9.15. The topological polar surface area (TPSA) is 63.2 Å². The van der Waals surface area contributed by atoms with Gasteiger partial charge in [-0.25, -0.2) is 8.42 Å². The molecule has 5 heteroatoms. The van der Waals surface area contributed by atoms with E-state index >= 15 is 0 Å². The molecule has 0 spiro atoms. The average molecular weight is 372 g/mol. The summed E-state index contributed by atoms with van der Waals surface area (Å²) < 4.78 is 25.2. The molecule has 0 aliphatic heterocycles. The highest BCUT2D eigenvalue weighted by Crippen LogP contribution is 2.30. The van der Waals surface area contributed by atoms with Gasteiger partial charge in [0, 0.05) is 12.1 Å². The van der Waals surface area contributed by atoms with Crippen molar-refractivity contribution in [3.05, 3.63) is 60.2 Å². The largest absolute Gasteiger partial charge is 0.326 e. The van der Waals surface area contributed by atoms with Crippen molar-refractivity contribution in [1.29, 1.82) is 0 Å². The number of nitrogens with one attached hydrogen (secondary N) is 1. The zero-order chi connectivity index (χ0) is 18.6. The summed E-state index contributed by atoms with van der Waals surface area (Å²) in [6.45, 7) is 2.02. The molecular weight excluding hydrogens is 346 g/mol. The quantitative estimate of drug-likeness (QED) is 0.811. The molecule has 0 unspecified atom stereocenters. The minimum Gasteiger partial charge on any atom is -0.326 e. The number of hydrogen-bond acceptors (Lipinski definition) is 3. The Bertz CT molecular complexity index is 839.